The molecule has 2 atom stereocenters. The van der Waals surface area contributed by atoms with E-state index in [2.05, 4.69) is 15.1 Å². The number of aromatic nitrogens is 5. The fourth-order valence-corrected chi connectivity index (χ4v) is 5.87. The Morgan fingerprint density at radius 2 is 1.85 bits per heavy atom. The Hall–Kier alpha value is -4.25. The van der Waals surface area contributed by atoms with Crippen molar-refractivity contribution in [2.75, 3.05) is 13.1 Å². The number of amides is 1. The summed E-state index contributed by atoms with van der Waals surface area (Å²) >= 11 is 0. The van der Waals surface area contributed by atoms with E-state index in [0.717, 1.165) is 11.1 Å². The largest absolute Gasteiger partial charge is 0.474 e. The van der Waals surface area contributed by atoms with Crippen LogP contribution in [0.4, 0.5) is 8.78 Å². The Morgan fingerprint density at radius 1 is 1.12 bits per heavy atom. The van der Waals surface area contributed by atoms with E-state index in [1.54, 1.807) is 43.7 Å². The molecule has 1 aromatic carbocycles. The van der Waals surface area contributed by atoms with Gasteiger partial charge in [0.05, 0.1) is 17.0 Å². The number of piperidine rings is 1. The Bertz CT molecular complexity index is 1670. The Balaban J connectivity index is 1.06. The predicted molar refractivity (Wildman–Crippen MR) is 146 cm³/mol. The van der Waals surface area contributed by atoms with E-state index in [9.17, 15) is 13.6 Å². The zero-order chi connectivity index (χ0) is 28.7. The average Bonchev–Trinajstić information content (AvgIpc) is 3.25. The average molecular weight is 558 g/mol. The van der Waals surface area contributed by atoms with Crippen molar-refractivity contribution in [3.05, 3.63) is 82.9 Å². The van der Waals surface area contributed by atoms with Crippen LogP contribution in [0.1, 0.15) is 46.6 Å². The van der Waals surface area contributed by atoms with E-state index in [4.69, 9.17) is 15.5 Å². The molecule has 3 aliphatic rings. The molecule has 2 N–H and O–H groups in total. The van der Waals surface area contributed by atoms with Crippen LogP contribution in [0, 0.1) is 18.8 Å². The summed E-state index contributed by atoms with van der Waals surface area (Å²) in [5.41, 5.74) is 9.84. The SMILES string of the molecule is Cc1nn(-c2ncccn2)cc1C(=O)N1CC2C(C1)C2Oc1cc(C(C)(C)N)cc(-c2ccc3c(c2)CC3(F)F)n1. The van der Waals surface area contributed by atoms with Crippen LogP contribution in [0.2, 0.25) is 0 Å². The lowest BCUT2D eigenvalue weighted by Crippen LogP contribution is -2.33. The summed E-state index contributed by atoms with van der Waals surface area (Å²) in [5.74, 6) is -1.58. The van der Waals surface area contributed by atoms with E-state index in [1.807, 2.05) is 30.9 Å². The fourth-order valence-electron chi connectivity index (χ4n) is 5.87. The molecule has 3 aromatic heterocycles. The monoisotopic (exact) mass is 557 g/mol. The summed E-state index contributed by atoms with van der Waals surface area (Å²) in [6, 6.07) is 10.4. The summed E-state index contributed by atoms with van der Waals surface area (Å²) in [6.45, 7) is 6.76. The van der Waals surface area contributed by atoms with E-state index in [1.165, 1.54) is 10.7 Å². The maximum Gasteiger partial charge on any atom is 0.277 e. The number of carbonyl (C=O) groups is 1. The zero-order valence-electron chi connectivity index (χ0n) is 22.9. The van der Waals surface area contributed by atoms with Crippen LogP contribution in [-0.4, -0.2) is 54.7 Å². The maximum absolute atomic E-state index is 13.8. The Morgan fingerprint density at radius 3 is 2.51 bits per heavy atom. The number of alkyl halides is 2. The van der Waals surface area contributed by atoms with Crippen LogP contribution >= 0.6 is 0 Å². The number of fused-ring (bicyclic) bond motifs is 2. The molecule has 0 radical (unpaired) electrons. The van der Waals surface area contributed by atoms with Gasteiger partial charge in [0.25, 0.3) is 11.8 Å². The summed E-state index contributed by atoms with van der Waals surface area (Å²) in [7, 11) is 0. The summed E-state index contributed by atoms with van der Waals surface area (Å²) in [4.78, 5) is 28.3. The normalized spacial score (nSPS) is 22.1. The number of aryl methyl sites for hydroxylation is 1. The molecule has 0 bridgehead atoms. The van der Waals surface area contributed by atoms with Gasteiger partial charge in [0, 0.05) is 72.7 Å². The first-order valence-electron chi connectivity index (χ1n) is 13.6. The number of nitrogens with zero attached hydrogens (tertiary/aromatic N) is 6. The van der Waals surface area contributed by atoms with Gasteiger partial charge in [-0.1, -0.05) is 12.1 Å². The van der Waals surface area contributed by atoms with Crippen LogP contribution < -0.4 is 10.5 Å². The predicted octanol–water partition coefficient (Wildman–Crippen LogP) is 4.02. The standard InChI is InChI=1S/C30H29F2N7O2/c1-16-20(15-39(37-16)28-34-7-4-8-35-28)27(40)38-13-21-22(14-38)26(21)41-25-11-19(29(2,3)33)10-24(36-25)17-5-6-23-18(9-17)12-30(23,31)32/h4-11,15,21-22,26H,12-14,33H2,1-3H3. The van der Waals surface area contributed by atoms with Gasteiger partial charge < -0.3 is 15.4 Å². The Kier molecular flexibility index (Phi) is 5.56. The van der Waals surface area contributed by atoms with Gasteiger partial charge in [0.15, 0.2) is 0 Å². The highest BCUT2D eigenvalue weighted by atomic mass is 19.3. The minimum Gasteiger partial charge on any atom is -0.474 e. The van der Waals surface area contributed by atoms with Crippen LogP contribution in [0.5, 0.6) is 5.88 Å². The second-order valence-corrected chi connectivity index (χ2v) is 11.8. The number of halogens is 2. The van der Waals surface area contributed by atoms with Gasteiger partial charge in [-0.2, -0.15) is 5.10 Å². The van der Waals surface area contributed by atoms with Gasteiger partial charge in [-0.05, 0) is 50.1 Å². The van der Waals surface area contributed by atoms with Crippen LogP contribution in [-0.2, 0) is 17.9 Å². The molecule has 2 aliphatic carbocycles. The summed E-state index contributed by atoms with van der Waals surface area (Å²) in [5, 5.41) is 4.42. The number of hydrogen-bond acceptors (Lipinski definition) is 7. The highest BCUT2D eigenvalue weighted by Crippen LogP contribution is 2.49. The van der Waals surface area contributed by atoms with Gasteiger partial charge in [0.1, 0.15) is 6.10 Å². The molecule has 41 heavy (non-hydrogen) atoms. The lowest BCUT2D eigenvalue weighted by Gasteiger charge is -2.30. The second kappa shape index (κ2) is 8.87. The lowest BCUT2D eigenvalue weighted by molar-refractivity contribution is -0.0287. The minimum atomic E-state index is -2.76. The third kappa shape index (κ3) is 4.44. The van der Waals surface area contributed by atoms with E-state index >= 15 is 0 Å². The van der Waals surface area contributed by atoms with Gasteiger partial charge in [-0.3, -0.25) is 4.79 Å². The van der Waals surface area contributed by atoms with Crippen molar-refractivity contribution in [3.63, 3.8) is 0 Å². The number of nitrogens with two attached hydrogens (primary N) is 1. The summed E-state index contributed by atoms with van der Waals surface area (Å²) < 4.78 is 35.5. The fraction of sp³-hybridized carbons (Fsp3) is 0.367. The van der Waals surface area contributed by atoms with Crippen molar-refractivity contribution in [1.82, 2.24) is 29.6 Å². The number of ether oxygens (including phenoxy) is 1. The topological polar surface area (TPSA) is 112 Å². The molecule has 1 aliphatic heterocycles. The van der Waals surface area contributed by atoms with Crippen molar-refractivity contribution >= 4 is 5.91 Å². The van der Waals surface area contributed by atoms with Crippen molar-refractivity contribution in [2.24, 2.45) is 17.6 Å². The molecule has 4 heterocycles. The second-order valence-electron chi connectivity index (χ2n) is 11.8. The number of rotatable bonds is 6. The summed E-state index contributed by atoms with van der Waals surface area (Å²) in [6.07, 6.45) is 4.61. The molecule has 11 heteroatoms. The first kappa shape index (κ1) is 25.7. The van der Waals surface area contributed by atoms with Crippen LogP contribution in [0.3, 0.4) is 0 Å². The van der Waals surface area contributed by atoms with Gasteiger partial charge in [-0.25, -0.2) is 28.4 Å². The first-order valence-corrected chi connectivity index (χ1v) is 13.6. The molecule has 1 saturated heterocycles. The van der Waals surface area contributed by atoms with Gasteiger partial charge >= 0.3 is 0 Å². The van der Waals surface area contributed by atoms with Crippen LogP contribution in [0.25, 0.3) is 17.2 Å². The molecule has 2 fully saturated rings. The number of likely N-dealkylation sites (tertiary alicyclic amines) is 1. The third-order valence-electron chi connectivity index (χ3n) is 8.30. The van der Waals surface area contributed by atoms with Crippen molar-refractivity contribution in [3.8, 4) is 23.1 Å². The molecular formula is C30H29F2N7O2. The smallest absolute Gasteiger partial charge is 0.277 e. The molecule has 9 nitrogen and oxygen atoms in total. The molecule has 4 aromatic rings. The zero-order valence-corrected chi connectivity index (χ0v) is 22.9. The third-order valence-corrected chi connectivity index (χ3v) is 8.30. The van der Waals surface area contributed by atoms with E-state index in [-0.39, 0.29) is 35.8 Å². The van der Waals surface area contributed by atoms with Crippen LogP contribution in [0.15, 0.2) is 55.0 Å². The Labute approximate surface area is 235 Å². The van der Waals surface area contributed by atoms with E-state index in [0.29, 0.717) is 47.4 Å². The minimum absolute atomic E-state index is 0.0624. The van der Waals surface area contributed by atoms with Crippen molar-refractivity contribution in [2.45, 2.75) is 44.8 Å². The maximum atomic E-state index is 13.8. The van der Waals surface area contributed by atoms with Gasteiger partial charge in [-0.15, -0.1) is 0 Å². The quantitative estimate of drug-likeness (QED) is 0.381. The highest BCUT2D eigenvalue weighted by Gasteiger charge is 2.59. The lowest BCUT2D eigenvalue weighted by atomic mass is 9.83. The number of pyridine rings is 1. The first-order chi connectivity index (χ1) is 19.5. The number of carbonyl (C=O) groups excluding carboxylic acids is 1. The molecule has 7 rings (SSSR count). The molecule has 0 spiro atoms. The number of hydrogen-bond donors (Lipinski definition) is 1. The molecule has 1 amide bonds. The molecule has 1 saturated carbocycles. The van der Waals surface area contributed by atoms with Crippen molar-refractivity contribution < 1.29 is 18.3 Å². The van der Waals surface area contributed by atoms with E-state index < -0.39 is 11.5 Å². The van der Waals surface area contributed by atoms with Crippen molar-refractivity contribution in [1.29, 1.82) is 0 Å². The molecule has 2 unspecified atom stereocenters. The van der Waals surface area contributed by atoms with Gasteiger partial charge in [0.2, 0.25) is 11.8 Å². The highest BCUT2D eigenvalue weighted by molar-refractivity contribution is 5.95. The molecule has 210 valence electrons. The molecular weight excluding hydrogens is 528 g/mol. The number of benzene rings is 1.